The predicted molar refractivity (Wildman–Crippen MR) is 76.4 cm³/mol. The minimum absolute atomic E-state index is 0.00760. The topological polar surface area (TPSA) is 57.6 Å². The number of hydrogen-bond donors (Lipinski definition) is 1. The van der Waals surface area contributed by atoms with Crippen molar-refractivity contribution in [3.8, 4) is 0 Å². The number of carbonyl (C=O) groups is 2. The van der Waals surface area contributed by atoms with Gasteiger partial charge in [-0.05, 0) is 45.7 Å². The van der Waals surface area contributed by atoms with Crippen molar-refractivity contribution in [2.75, 3.05) is 0 Å². The van der Waals surface area contributed by atoms with E-state index in [0.717, 1.165) is 11.1 Å². The van der Waals surface area contributed by atoms with Crippen LogP contribution in [0.5, 0.6) is 0 Å². The lowest BCUT2D eigenvalue weighted by molar-refractivity contribution is -0.148. The summed E-state index contributed by atoms with van der Waals surface area (Å²) in [6.07, 6.45) is 0.412. The SMILES string of the molecule is CC(C)(CC(C)(C)N1Cc2ccccc2C1=O)C(=O)O. The molecular weight excluding hydrogens is 254 g/mol. The van der Waals surface area contributed by atoms with E-state index in [9.17, 15) is 14.7 Å². The molecule has 1 aromatic rings. The Morgan fingerprint density at radius 2 is 1.85 bits per heavy atom. The van der Waals surface area contributed by atoms with Crippen LogP contribution in [0.2, 0.25) is 0 Å². The van der Waals surface area contributed by atoms with Crippen LogP contribution in [0, 0.1) is 5.41 Å². The number of hydrogen-bond acceptors (Lipinski definition) is 2. The summed E-state index contributed by atoms with van der Waals surface area (Å²) < 4.78 is 0. The van der Waals surface area contributed by atoms with E-state index in [2.05, 4.69) is 0 Å². The molecule has 1 aliphatic rings. The van der Waals surface area contributed by atoms with Gasteiger partial charge in [0.1, 0.15) is 0 Å². The maximum Gasteiger partial charge on any atom is 0.309 e. The van der Waals surface area contributed by atoms with Crippen LogP contribution >= 0.6 is 0 Å². The minimum Gasteiger partial charge on any atom is -0.481 e. The van der Waals surface area contributed by atoms with Gasteiger partial charge in [-0.1, -0.05) is 18.2 Å². The van der Waals surface area contributed by atoms with Crippen LogP contribution in [0.25, 0.3) is 0 Å². The summed E-state index contributed by atoms with van der Waals surface area (Å²) in [4.78, 5) is 25.6. The Morgan fingerprint density at radius 1 is 1.25 bits per heavy atom. The molecule has 0 radical (unpaired) electrons. The highest BCUT2D eigenvalue weighted by atomic mass is 16.4. The van der Waals surface area contributed by atoms with E-state index >= 15 is 0 Å². The van der Waals surface area contributed by atoms with Crippen LogP contribution in [0.3, 0.4) is 0 Å². The van der Waals surface area contributed by atoms with E-state index in [0.29, 0.717) is 13.0 Å². The van der Waals surface area contributed by atoms with Gasteiger partial charge in [-0.3, -0.25) is 9.59 Å². The number of amides is 1. The molecule has 4 nitrogen and oxygen atoms in total. The lowest BCUT2D eigenvalue weighted by Crippen LogP contribution is -2.48. The van der Waals surface area contributed by atoms with Gasteiger partial charge in [-0.15, -0.1) is 0 Å². The Labute approximate surface area is 119 Å². The standard InChI is InChI=1S/C16H21NO3/c1-15(2,14(19)20)10-16(3,4)17-9-11-7-5-6-8-12(11)13(17)18/h5-8H,9-10H2,1-4H3,(H,19,20). The summed E-state index contributed by atoms with van der Waals surface area (Å²) in [5, 5.41) is 9.28. The van der Waals surface area contributed by atoms with Crippen LogP contribution in [0.15, 0.2) is 24.3 Å². The molecule has 1 heterocycles. The van der Waals surface area contributed by atoms with E-state index in [4.69, 9.17) is 0 Å². The highest BCUT2D eigenvalue weighted by molar-refractivity contribution is 5.98. The Balaban J connectivity index is 2.25. The van der Waals surface area contributed by atoms with Crippen molar-refractivity contribution in [3.63, 3.8) is 0 Å². The molecule has 0 saturated carbocycles. The molecule has 108 valence electrons. The molecule has 2 rings (SSSR count). The number of aliphatic carboxylic acids is 1. The number of carboxylic acids is 1. The maximum atomic E-state index is 12.5. The molecule has 1 aromatic carbocycles. The van der Waals surface area contributed by atoms with Gasteiger partial charge in [0.05, 0.1) is 5.41 Å². The van der Waals surface area contributed by atoms with Crippen molar-refractivity contribution in [2.24, 2.45) is 5.41 Å². The molecule has 0 aromatic heterocycles. The van der Waals surface area contributed by atoms with Crippen molar-refractivity contribution in [1.29, 1.82) is 0 Å². The van der Waals surface area contributed by atoms with Crippen LogP contribution < -0.4 is 0 Å². The van der Waals surface area contributed by atoms with E-state index in [1.807, 2.05) is 38.1 Å². The fraction of sp³-hybridized carbons (Fsp3) is 0.500. The summed E-state index contributed by atoms with van der Waals surface area (Å²) in [5.41, 5.74) is 0.378. The first-order chi connectivity index (χ1) is 9.15. The van der Waals surface area contributed by atoms with Crippen molar-refractivity contribution < 1.29 is 14.7 Å². The van der Waals surface area contributed by atoms with Gasteiger partial charge in [-0.25, -0.2) is 0 Å². The molecule has 4 heteroatoms. The smallest absolute Gasteiger partial charge is 0.309 e. The highest BCUT2D eigenvalue weighted by Gasteiger charge is 2.42. The van der Waals surface area contributed by atoms with Gasteiger partial charge in [-0.2, -0.15) is 0 Å². The van der Waals surface area contributed by atoms with Crippen molar-refractivity contribution in [3.05, 3.63) is 35.4 Å². The summed E-state index contributed by atoms with van der Waals surface area (Å²) in [6, 6.07) is 7.56. The van der Waals surface area contributed by atoms with E-state index in [1.54, 1.807) is 18.7 Å². The fourth-order valence-corrected chi connectivity index (χ4v) is 3.00. The molecule has 0 aliphatic carbocycles. The fourth-order valence-electron chi connectivity index (χ4n) is 3.00. The summed E-state index contributed by atoms with van der Waals surface area (Å²) in [5.74, 6) is -0.846. The summed E-state index contributed by atoms with van der Waals surface area (Å²) >= 11 is 0. The van der Waals surface area contributed by atoms with E-state index in [1.165, 1.54) is 0 Å². The molecule has 0 unspecified atom stereocenters. The molecule has 0 atom stereocenters. The molecular formula is C16H21NO3. The first kappa shape index (κ1) is 14.6. The van der Waals surface area contributed by atoms with Gasteiger partial charge in [0.25, 0.3) is 5.91 Å². The molecule has 1 N–H and O–H groups in total. The third kappa shape index (κ3) is 2.42. The average molecular weight is 275 g/mol. The molecule has 0 spiro atoms. The number of fused-ring (bicyclic) bond motifs is 1. The average Bonchev–Trinajstić information content (AvgIpc) is 2.67. The quantitative estimate of drug-likeness (QED) is 0.919. The molecule has 0 saturated heterocycles. The highest BCUT2D eigenvalue weighted by Crippen LogP contribution is 2.36. The van der Waals surface area contributed by atoms with Gasteiger partial charge >= 0.3 is 5.97 Å². The Bertz CT molecular complexity index is 561. The maximum absolute atomic E-state index is 12.5. The van der Waals surface area contributed by atoms with Gasteiger partial charge < -0.3 is 10.0 Å². The van der Waals surface area contributed by atoms with E-state index < -0.39 is 16.9 Å². The normalized spacial score (nSPS) is 15.4. The first-order valence-electron chi connectivity index (χ1n) is 6.78. The zero-order valence-electron chi connectivity index (χ0n) is 12.4. The number of carbonyl (C=O) groups excluding carboxylic acids is 1. The van der Waals surface area contributed by atoms with Gasteiger partial charge in [0.2, 0.25) is 0 Å². The molecule has 0 bridgehead atoms. The van der Waals surface area contributed by atoms with Gasteiger partial charge in [0, 0.05) is 17.6 Å². The molecule has 0 fully saturated rings. The van der Waals surface area contributed by atoms with Crippen LogP contribution in [0.4, 0.5) is 0 Å². The van der Waals surface area contributed by atoms with Crippen LogP contribution in [-0.2, 0) is 11.3 Å². The number of benzene rings is 1. The number of carboxylic acid groups (broad SMARTS) is 1. The van der Waals surface area contributed by atoms with Crippen LogP contribution in [0.1, 0.15) is 50.0 Å². The Morgan fingerprint density at radius 3 is 2.40 bits per heavy atom. The van der Waals surface area contributed by atoms with Crippen LogP contribution in [-0.4, -0.2) is 27.4 Å². The summed E-state index contributed by atoms with van der Waals surface area (Å²) in [7, 11) is 0. The predicted octanol–water partition coefficient (Wildman–Crippen LogP) is 2.92. The van der Waals surface area contributed by atoms with Crippen molar-refractivity contribution in [1.82, 2.24) is 4.90 Å². The zero-order valence-corrected chi connectivity index (χ0v) is 12.4. The third-order valence-electron chi connectivity index (χ3n) is 4.01. The lowest BCUT2D eigenvalue weighted by Gasteiger charge is -2.39. The first-order valence-corrected chi connectivity index (χ1v) is 6.78. The Hall–Kier alpha value is -1.84. The second-order valence-corrected chi connectivity index (χ2v) is 6.73. The monoisotopic (exact) mass is 275 g/mol. The second kappa shape index (κ2) is 4.62. The number of rotatable bonds is 4. The summed E-state index contributed by atoms with van der Waals surface area (Å²) in [6.45, 7) is 7.82. The zero-order chi connectivity index (χ0) is 15.1. The largest absolute Gasteiger partial charge is 0.481 e. The molecule has 1 amide bonds. The lowest BCUT2D eigenvalue weighted by atomic mass is 9.79. The molecule has 20 heavy (non-hydrogen) atoms. The van der Waals surface area contributed by atoms with Gasteiger partial charge in [0.15, 0.2) is 0 Å². The molecule has 1 aliphatic heterocycles. The van der Waals surface area contributed by atoms with E-state index in [-0.39, 0.29) is 5.91 Å². The van der Waals surface area contributed by atoms with Crippen molar-refractivity contribution in [2.45, 2.75) is 46.2 Å². The third-order valence-corrected chi connectivity index (χ3v) is 4.01. The van der Waals surface area contributed by atoms with Crippen molar-refractivity contribution >= 4 is 11.9 Å². The minimum atomic E-state index is -0.863. The second-order valence-electron chi connectivity index (χ2n) is 6.73. The number of nitrogens with zero attached hydrogens (tertiary/aromatic N) is 1. The Kier molecular flexibility index (Phi) is 3.36.